The number of nitrogens with zero attached hydrogens (tertiary/aromatic N) is 2. The van der Waals surface area contributed by atoms with Crippen LogP contribution in [0.4, 0.5) is 8.78 Å². The van der Waals surface area contributed by atoms with Crippen molar-refractivity contribution in [1.29, 1.82) is 0 Å². The van der Waals surface area contributed by atoms with E-state index in [4.69, 9.17) is 4.98 Å². The second-order valence-corrected chi connectivity index (χ2v) is 8.16. The van der Waals surface area contributed by atoms with E-state index in [-0.39, 0.29) is 23.5 Å². The van der Waals surface area contributed by atoms with Crippen LogP contribution in [0.2, 0.25) is 0 Å². The number of nitrogens with one attached hydrogen (secondary N) is 1. The Labute approximate surface area is 173 Å². The van der Waals surface area contributed by atoms with Gasteiger partial charge in [0.2, 0.25) is 0 Å². The first-order chi connectivity index (χ1) is 14.5. The maximum Gasteiger partial charge on any atom is 0.252 e. The maximum atomic E-state index is 13.7. The Morgan fingerprint density at radius 3 is 2.57 bits per heavy atom. The van der Waals surface area contributed by atoms with Gasteiger partial charge in [0.1, 0.15) is 11.6 Å². The maximum absolute atomic E-state index is 13.7. The highest BCUT2D eigenvalue weighted by Gasteiger charge is 2.47. The Balaban J connectivity index is 1.41. The van der Waals surface area contributed by atoms with Gasteiger partial charge >= 0.3 is 0 Å². The molecule has 6 heteroatoms. The first-order valence-electron chi connectivity index (χ1n) is 10.2. The van der Waals surface area contributed by atoms with Crippen LogP contribution in [0.25, 0.3) is 0 Å². The van der Waals surface area contributed by atoms with Gasteiger partial charge in [-0.15, -0.1) is 0 Å². The third-order valence-electron chi connectivity index (χ3n) is 6.12. The van der Waals surface area contributed by atoms with Gasteiger partial charge in [-0.1, -0.05) is 6.07 Å². The summed E-state index contributed by atoms with van der Waals surface area (Å²) in [6, 6.07) is 11.1. The number of hydrogen-bond donors (Lipinski definition) is 1. The topological polar surface area (TPSA) is 54.9 Å². The minimum Gasteiger partial charge on any atom is -0.341 e. The molecule has 3 aromatic rings. The van der Waals surface area contributed by atoms with Gasteiger partial charge in [-0.25, -0.2) is 8.78 Å². The van der Waals surface area contributed by atoms with E-state index in [1.165, 1.54) is 30.5 Å². The van der Waals surface area contributed by atoms with Gasteiger partial charge in [0, 0.05) is 23.4 Å². The normalized spacial score (nSPS) is 19.1. The summed E-state index contributed by atoms with van der Waals surface area (Å²) in [7, 11) is 0. The third kappa shape index (κ3) is 3.47. The molecule has 1 saturated carbocycles. The smallest absolute Gasteiger partial charge is 0.252 e. The molecule has 152 valence electrons. The van der Waals surface area contributed by atoms with Gasteiger partial charge in [0.15, 0.2) is 0 Å². The average molecular weight is 405 g/mol. The van der Waals surface area contributed by atoms with Crippen molar-refractivity contribution in [3.8, 4) is 0 Å². The molecule has 1 fully saturated rings. The molecule has 2 aromatic heterocycles. The first kappa shape index (κ1) is 18.9. The fourth-order valence-electron chi connectivity index (χ4n) is 4.35. The van der Waals surface area contributed by atoms with Crippen LogP contribution in [0.15, 0.2) is 54.9 Å². The third-order valence-corrected chi connectivity index (χ3v) is 6.12. The van der Waals surface area contributed by atoms with Crippen LogP contribution in [0.5, 0.6) is 0 Å². The van der Waals surface area contributed by atoms with Crippen molar-refractivity contribution in [2.45, 2.75) is 43.6 Å². The molecule has 30 heavy (non-hydrogen) atoms. The SMILES string of the molecule is O=C(NC1(c2ccc3c(n2)CCC[C@H]3c2cncc(F)c2)CC1)c1ccc(F)cc1. The summed E-state index contributed by atoms with van der Waals surface area (Å²) in [6.07, 6.45) is 7.36. The second kappa shape index (κ2) is 7.27. The molecule has 0 spiro atoms. The van der Waals surface area contributed by atoms with Crippen molar-refractivity contribution in [3.05, 3.63) is 94.6 Å². The van der Waals surface area contributed by atoms with Crippen LogP contribution in [-0.2, 0) is 12.0 Å². The number of benzene rings is 1. The predicted molar refractivity (Wildman–Crippen MR) is 108 cm³/mol. The molecule has 4 nitrogen and oxygen atoms in total. The minimum atomic E-state index is -0.464. The van der Waals surface area contributed by atoms with E-state index in [0.717, 1.165) is 54.6 Å². The van der Waals surface area contributed by atoms with Crippen molar-refractivity contribution in [2.75, 3.05) is 0 Å². The second-order valence-electron chi connectivity index (χ2n) is 8.16. The highest BCUT2D eigenvalue weighted by molar-refractivity contribution is 5.95. The molecule has 2 aliphatic carbocycles. The monoisotopic (exact) mass is 405 g/mol. The molecule has 0 unspecified atom stereocenters. The molecule has 0 saturated heterocycles. The van der Waals surface area contributed by atoms with Crippen LogP contribution in [0, 0.1) is 11.6 Å². The number of aryl methyl sites for hydroxylation is 1. The summed E-state index contributed by atoms with van der Waals surface area (Å²) >= 11 is 0. The van der Waals surface area contributed by atoms with Crippen LogP contribution < -0.4 is 5.32 Å². The number of halogens is 2. The van der Waals surface area contributed by atoms with Crippen LogP contribution >= 0.6 is 0 Å². The molecule has 5 rings (SSSR count). The first-order valence-corrected chi connectivity index (χ1v) is 10.2. The van der Waals surface area contributed by atoms with Crippen molar-refractivity contribution in [3.63, 3.8) is 0 Å². The van der Waals surface area contributed by atoms with Crippen molar-refractivity contribution >= 4 is 5.91 Å². The van der Waals surface area contributed by atoms with E-state index in [9.17, 15) is 13.6 Å². The lowest BCUT2D eigenvalue weighted by molar-refractivity contribution is 0.0929. The number of pyridine rings is 2. The molecular formula is C24H21F2N3O. The largest absolute Gasteiger partial charge is 0.341 e. The zero-order valence-corrected chi connectivity index (χ0v) is 16.4. The number of aromatic nitrogens is 2. The van der Waals surface area contributed by atoms with E-state index in [2.05, 4.69) is 16.4 Å². The van der Waals surface area contributed by atoms with Crippen LogP contribution in [0.3, 0.4) is 0 Å². The molecule has 2 aliphatic rings. The van der Waals surface area contributed by atoms with Gasteiger partial charge in [-0.05, 0) is 79.6 Å². The van der Waals surface area contributed by atoms with Gasteiger partial charge in [-0.3, -0.25) is 14.8 Å². The lowest BCUT2D eigenvalue weighted by Gasteiger charge is -2.27. The van der Waals surface area contributed by atoms with Crippen LogP contribution in [-0.4, -0.2) is 15.9 Å². The number of carbonyl (C=O) groups excluding carboxylic acids is 1. The summed E-state index contributed by atoms with van der Waals surface area (Å²) in [4.78, 5) is 21.6. The Bertz CT molecular complexity index is 1110. The Morgan fingerprint density at radius 1 is 1.03 bits per heavy atom. The molecule has 1 atom stereocenters. The zero-order chi connectivity index (χ0) is 20.7. The highest BCUT2D eigenvalue weighted by Crippen LogP contribution is 2.46. The summed E-state index contributed by atoms with van der Waals surface area (Å²) < 4.78 is 26.8. The molecule has 1 aromatic carbocycles. The van der Waals surface area contributed by atoms with E-state index < -0.39 is 5.54 Å². The predicted octanol–water partition coefficient (Wildman–Crippen LogP) is 4.64. The fraction of sp³-hybridized carbons (Fsp3) is 0.292. The lowest BCUT2D eigenvalue weighted by atomic mass is 9.81. The summed E-state index contributed by atoms with van der Waals surface area (Å²) in [5.74, 6) is -0.838. The summed E-state index contributed by atoms with van der Waals surface area (Å²) in [6.45, 7) is 0. The zero-order valence-electron chi connectivity index (χ0n) is 16.4. The number of rotatable bonds is 4. The minimum absolute atomic E-state index is 0.0856. The molecule has 0 radical (unpaired) electrons. The van der Waals surface area contributed by atoms with Gasteiger partial charge < -0.3 is 5.32 Å². The quantitative estimate of drug-likeness (QED) is 0.688. The number of amides is 1. The van der Waals surface area contributed by atoms with Crippen molar-refractivity contribution in [2.24, 2.45) is 0 Å². The van der Waals surface area contributed by atoms with Crippen molar-refractivity contribution in [1.82, 2.24) is 15.3 Å². The van der Waals surface area contributed by atoms with Gasteiger partial charge in [0.05, 0.1) is 17.4 Å². The van der Waals surface area contributed by atoms with Gasteiger partial charge in [0.25, 0.3) is 5.91 Å². The van der Waals surface area contributed by atoms with E-state index >= 15 is 0 Å². The molecule has 2 heterocycles. The summed E-state index contributed by atoms with van der Waals surface area (Å²) in [5.41, 5.74) is 3.81. The van der Waals surface area contributed by atoms with E-state index in [0.29, 0.717) is 5.56 Å². The van der Waals surface area contributed by atoms with Gasteiger partial charge in [-0.2, -0.15) is 0 Å². The Hall–Kier alpha value is -3.15. The summed E-state index contributed by atoms with van der Waals surface area (Å²) in [5, 5.41) is 3.09. The Kier molecular flexibility index (Phi) is 4.57. The average Bonchev–Trinajstić information content (AvgIpc) is 3.54. The molecule has 0 aliphatic heterocycles. The Morgan fingerprint density at radius 2 is 1.83 bits per heavy atom. The van der Waals surface area contributed by atoms with E-state index in [1.54, 1.807) is 12.3 Å². The van der Waals surface area contributed by atoms with Crippen LogP contribution in [0.1, 0.15) is 64.5 Å². The lowest BCUT2D eigenvalue weighted by Crippen LogP contribution is -2.36. The van der Waals surface area contributed by atoms with Crippen molar-refractivity contribution < 1.29 is 13.6 Å². The molecule has 0 bridgehead atoms. The highest BCUT2D eigenvalue weighted by atomic mass is 19.1. The molecule has 1 amide bonds. The number of carbonyl (C=O) groups is 1. The number of fused-ring (bicyclic) bond motifs is 1. The molecular weight excluding hydrogens is 384 g/mol. The van der Waals surface area contributed by atoms with E-state index in [1.807, 2.05) is 6.07 Å². The molecule has 1 N–H and O–H groups in total. The fourth-order valence-corrected chi connectivity index (χ4v) is 4.35. The standard InChI is InChI=1S/C24H21F2N3O/c25-17-6-4-15(5-7-17)23(30)29-24(10-11-24)22-9-8-20-19(2-1-3-21(20)28-22)16-12-18(26)14-27-13-16/h4-9,12-14,19H,1-3,10-11H2,(H,29,30)/t19-/m0/s1. The number of hydrogen-bond acceptors (Lipinski definition) is 3.